The third-order valence-electron chi connectivity index (χ3n) is 3.97. The summed E-state index contributed by atoms with van der Waals surface area (Å²) in [4.78, 5) is 30.8. The van der Waals surface area contributed by atoms with Crippen LogP contribution in [0.5, 0.6) is 0 Å². The molecular weight excluding hydrogens is 370 g/mol. The SMILES string of the molecule is Cc1ccc(Cl)cc1NC(=O)C[C@H]1SC(=Nc2ccccc2)N(C)C1=O. The van der Waals surface area contributed by atoms with Crippen LogP contribution in [0.1, 0.15) is 12.0 Å². The maximum absolute atomic E-state index is 12.4. The molecule has 134 valence electrons. The first-order chi connectivity index (χ1) is 12.4. The number of nitrogens with zero attached hydrogens (tertiary/aromatic N) is 2. The number of benzene rings is 2. The van der Waals surface area contributed by atoms with Crippen LogP contribution in [0.4, 0.5) is 11.4 Å². The number of carbonyl (C=O) groups is 2. The third-order valence-corrected chi connectivity index (χ3v) is 5.43. The predicted molar refractivity (Wildman–Crippen MR) is 107 cm³/mol. The van der Waals surface area contributed by atoms with Crippen LogP contribution >= 0.6 is 23.4 Å². The van der Waals surface area contributed by atoms with E-state index in [-0.39, 0.29) is 18.2 Å². The number of hydrogen-bond acceptors (Lipinski definition) is 4. The van der Waals surface area contributed by atoms with E-state index < -0.39 is 5.25 Å². The minimum absolute atomic E-state index is 0.0770. The Morgan fingerprint density at radius 2 is 2.00 bits per heavy atom. The molecule has 0 spiro atoms. The summed E-state index contributed by atoms with van der Waals surface area (Å²) in [5.74, 6) is -0.349. The Bertz CT molecular complexity index is 870. The van der Waals surface area contributed by atoms with Gasteiger partial charge in [0.15, 0.2) is 5.17 Å². The van der Waals surface area contributed by atoms with Gasteiger partial charge in [-0.3, -0.25) is 14.5 Å². The van der Waals surface area contributed by atoms with Crippen molar-refractivity contribution in [1.82, 2.24) is 4.90 Å². The van der Waals surface area contributed by atoms with E-state index in [9.17, 15) is 9.59 Å². The number of para-hydroxylation sites is 1. The number of carbonyl (C=O) groups excluding carboxylic acids is 2. The molecule has 0 aromatic heterocycles. The molecule has 2 aromatic carbocycles. The lowest BCUT2D eigenvalue weighted by atomic mass is 10.2. The van der Waals surface area contributed by atoms with Crippen molar-refractivity contribution in [1.29, 1.82) is 0 Å². The van der Waals surface area contributed by atoms with E-state index in [4.69, 9.17) is 11.6 Å². The summed E-state index contributed by atoms with van der Waals surface area (Å²) in [5.41, 5.74) is 2.34. The minimum Gasteiger partial charge on any atom is -0.326 e. The van der Waals surface area contributed by atoms with Gasteiger partial charge in [0.2, 0.25) is 11.8 Å². The molecule has 7 heteroatoms. The van der Waals surface area contributed by atoms with Gasteiger partial charge in [0.25, 0.3) is 0 Å². The summed E-state index contributed by atoms with van der Waals surface area (Å²) >= 11 is 7.28. The molecule has 0 saturated carbocycles. The van der Waals surface area contributed by atoms with Gasteiger partial charge in [0, 0.05) is 24.2 Å². The molecule has 1 N–H and O–H groups in total. The van der Waals surface area contributed by atoms with Gasteiger partial charge in [-0.15, -0.1) is 0 Å². The summed E-state index contributed by atoms with van der Waals surface area (Å²) in [6.45, 7) is 1.89. The Balaban J connectivity index is 1.68. The summed E-state index contributed by atoms with van der Waals surface area (Å²) in [6, 6.07) is 14.7. The first-order valence-corrected chi connectivity index (χ1v) is 9.34. The van der Waals surface area contributed by atoms with E-state index in [1.54, 1.807) is 19.2 Å². The number of aryl methyl sites for hydroxylation is 1. The predicted octanol–water partition coefficient (Wildman–Crippen LogP) is 4.24. The van der Waals surface area contributed by atoms with Crippen molar-refractivity contribution in [3.8, 4) is 0 Å². The molecule has 5 nitrogen and oxygen atoms in total. The first kappa shape index (κ1) is 18.5. The molecule has 1 atom stereocenters. The fraction of sp³-hybridized carbons (Fsp3) is 0.211. The number of nitrogens with one attached hydrogen (secondary N) is 1. The van der Waals surface area contributed by atoms with Crippen LogP contribution in [0.25, 0.3) is 0 Å². The van der Waals surface area contributed by atoms with Gasteiger partial charge in [-0.05, 0) is 36.8 Å². The van der Waals surface area contributed by atoms with Crippen molar-refractivity contribution in [2.24, 2.45) is 4.99 Å². The maximum Gasteiger partial charge on any atom is 0.242 e. The largest absolute Gasteiger partial charge is 0.326 e. The molecule has 0 bridgehead atoms. The molecule has 0 radical (unpaired) electrons. The number of anilines is 1. The highest BCUT2D eigenvalue weighted by Crippen LogP contribution is 2.31. The van der Waals surface area contributed by atoms with Gasteiger partial charge >= 0.3 is 0 Å². The molecule has 0 aliphatic carbocycles. The van der Waals surface area contributed by atoms with E-state index >= 15 is 0 Å². The molecule has 1 aliphatic rings. The monoisotopic (exact) mass is 387 g/mol. The third kappa shape index (κ3) is 4.26. The zero-order valence-electron chi connectivity index (χ0n) is 14.4. The second-order valence-electron chi connectivity index (χ2n) is 5.95. The van der Waals surface area contributed by atoms with Gasteiger partial charge in [-0.25, -0.2) is 4.99 Å². The number of aliphatic imine (C=N–C) groups is 1. The number of amidine groups is 1. The van der Waals surface area contributed by atoms with Crippen molar-refractivity contribution < 1.29 is 9.59 Å². The Kier molecular flexibility index (Phi) is 5.64. The van der Waals surface area contributed by atoms with E-state index in [2.05, 4.69) is 10.3 Å². The Hall–Kier alpha value is -2.31. The molecule has 2 aromatic rings. The van der Waals surface area contributed by atoms with Crippen LogP contribution in [-0.4, -0.2) is 34.2 Å². The molecule has 26 heavy (non-hydrogen) atoms. The topological polar surface area (TPSA) is 61.8 Å². The Morgan fingerprint density at radius 1 is 1.27 bits per heavy atom. The maximum atomic E-state index is 12.4. The molecule has 1 heterocycles. The number of hydrogen-bond donors (Lipinski definition) is 1. The molecule has 1 aliphatic heterocycles. The van der Waals surface area contributed by atoms with Gasteiger partial charge < -0.3 is 5.32 Å². The van der Waals surface area contributed by atoms with Crippen LogP contribution < -0.4 is 5.32 Å². The summed E-state index contributed by atoms with van der Waals surface area (Å²) in [6.07, 6.45) is 0.0770. The molecule has 2 amide bonds. The van der Waals surface area contributed by atoms with Crippen molar-refractivity contribution in [2.45, 2.75) is 18.6 Å². The van der Waals surface area contributed by atoms with Crippen molar-refractivity contribution in [2.75, 3.05) is 12.4 Å². The van der Waals surface area contributed by atoms with Crippen LogP contribution in [0, 0.1) is 6.92 Å². The highest BCUT2D eigenvalue weighted by atomic mass is 35.5. The second-order valence-corrected chi connectivity index (χ2v) is 7.55. The van der Waals surface area contributed by atoms with Crippen molar-refractivity contribution in [3.05, 3.63) is 59.1 Å². The Labute approximate surface area is 161 Å². The van der Waals surface area contributed by atoms with Crippen molar-refractivity contribution in [3.63, 3.8) is 0 Å². The van der Waals surface area contributed by atoms with Crippen LogP contribution in [0.3, 0.4) is 0 Å². The van der Waals surface area contributed by atoms with Crippen molar-refractivity contribution >= 4 is 51.7 Å². The van der Waals surface area contributed by atoms with E-state index in [0.29, 0.717) is 15.9 Å². The van der Waals surface area contributed by atoms with Crippen LogP contribution in [0.15, 0.2) is 53.5 Å². The van der Waals surface area contributed by atoms with E-state index in [0.717, 1.165) is 11.3 Å². The number of halogens is 1. The van der Waals surface area contributed by atoms with Crippen LogP contribution in [0.2, 0.25) is 5.02 Å². The van der Waals surface area contributed by atoms with Gasteiger partial charge in [-0.1, -0.05) is 47.6 Å². The van der Waals surface area contributed by atoms with E-state index in [1.165, 1.54) is 16.7 Å². The number of thioether (sulfide) groups is 1. The minimum atomic E-state index is -0.484. The first-order valence-electron chi connectivity index (χ1n) is 8.08. The average molecular weight is 388 g/mol. The quantitative estimate of drug-likeness (QED) is 0.853. The standard InChI is InChI=1S/C19H18ClN3O2S/c1-12-8-9-13(20)10-15(12)22-17(24)11-16-18(25)23(2)19(26-16)21-14-6-4-3-5-7-14/h3-10,16H,11H2,1-2H3,(H,22,24)/t16-/m1/s1. The summed E-state index contributed by atoms with van der Waals surface area (Å²) in [5, 5.41) is 3.49. The highest BCUT2D eigenvalue weighted by Gasteiger charge is 2.37. The fourth-order valence-electron chi connectivity index (χ4n) is 2.51. The lowest BCUT2D eigenvalue weighted by Crippen LogP contribution is -2.30. The average Bonchev–Trinajstić information content (AvgIpc) is 2.87. The number of rotatable bonds is 4. The summed E-state index contributed by atoms with van der Waals surface area (Å²) < 4.78 is 0. The Morgan fingerprint density at radius 3 is 2.73 bits per heavy atom. The van der Waals surface area contributed by atoms with E-state index in [1.807, 2.05) is 43.3 Å². The van der Waals surface area contributed by atoms with Gasteiger partial charge in [-0.2, -0.15) is 0 Å². The molecular formula is C19H18ClN3O2S. The zero-order valence-corrected chi connectivity index (χ0v) is 16.0. The second kappa shape index (κ2) is 7.93. The smallest absolute Gasteiger partial charge is 0.242 e. The summed E-state index contributed by atoms with van der Waals surface area (Å²) in [7, 11) is 1.68. The molecule has 3 rings (SSSR count). The van der Waals surface area contributed by atoms with Gasteiger partial charge in [0.1, 0.15) is 5.25 Å². The molecule has 0 unspecified atom stereocenters. The molecule has 1 saturated heterocycles. The highest BCUT2D eigenvalue weighted by molar-refractivity contribution is 8.15. The fourth-order valence-corrected chi connectivity index (χ4v) is 3.84. The number of amides is 2. The normalized spacial score (nSPS) is 18.4. The lowest BCUT2D eigenvalue weighted by Gasteiger charge is -2.11. The lowest BCUT2D eigenvalue weighted by molar-refractivity contribution is -0.127. The van der Waals surface area contributed by atoms with Gasteiger partial charge in [0.05, 0.1) is 5.69 Å². The van der Waals surface area contributed by atoms with Crippen LogP contribution in [-0.2, 0) is 9.59 Å². The zero-order chi connectivity index (χ0) is 18.7. The molecule has 1 fully saturated rings.